The molecule has 0 spiro atoms. The number of ether oxygens (including phenoxy) is 1. The Bertz CT molecular complexity index is 500. The summed E-state index contributed by atoms with van der Waals surface area (Å²) < 4.78 is 5.10. The zero-order chi connectivity index (χ0) is 12.7. The summed E-state index contributed by atoms with van der Waals surface area (Å²) in [6.45, 7) is 1.23. The van der Waals surface area contributed by atoms with Crippen molar-refractivity contribution in [3.05, 3.63) is 34.9 Å². The molecule has 2 unspecified atom stereocenters. The van der Waals surface area contributed by atoms with E-state index in [0.29, 0.717) is 24.8 Å². The maximum absolute atomic E-state index is 10.2. The third kappa shape index (κ3) is 2.16. The van der Waals surface area contributed by atoms with Gasteiger partial charge in [0.05, 0.1) is 19.3 Å². The van der Waals surface area contributed by atoms with Gasteiger partial charge >= 0.3 is 0 Å². The van der Waals surface area contributed by atoms with Crippen LogP contribution in [0, 0.1) is 5.92 Å². The topological polar surface area (TPSA) is 41.8 Å². The van der Waals surface area contributed by atoms with Gasteiger partial charge in [-0.1, -0.05) is 35.3 Å². The molecule has 3 nitrogen and oxygen atoms in total. The van der Waals surface area contributed by atoms with Crippen LogP contribution in [0.1, 0.15) is 22.8 Å². The van der Waals surface area contributed by atoms with Crippen molar-refractivity contribution in [2.75, 3.05) is 13.2 Å². The van der Waals surface area contributed by atoms with Crippen LogP contribution in [0.15, 0.2) is 23.2 Å². The van der Waals surface area contributed by atoms with Gasteiger partial charge in [-0.25, -0.2) is 0 Å². The largest absolute Gasteiger partial charge is 0.388 e. The lowest BCUT2D eigenvalue weighted by atomic mass is 9.91. The Morgan fingerprint density at radius 2 is 2.17 bits per heavy atom. The Labute approximate surface area is 115 Å². The van der Waals surface area contributed by atoms with Crippen LogP contribution in [0.4, 0.5) is 0 Å². The van der Waals surface area contributed by atoms with E-state index in [2.05, 4.69) is 4.99 Å². The van der Waals surface area contributed by atoms with Crippen molar-refractivity contribution >= 4 is 28.4 Å². The Hall–Kier alpha value is -0.610. The molecule has 0 aromatic heterocycles. The summed E-state index contributed by atoms with van der Waals surface area (Å²) in [5.41, 5.74) is 2.53. The fourth-order valence-electron chi connectivity index (χ4n) is 2.28. The molecule has 0 amide bonds. The van der Waals surface area contributed by atoms with E-state index >= 15 is 0 Å². The molecule has 1 fully saturated rings. The molecule has 2 aliphatic rings. The van der Waals surface area contributed by atoms with Crippen molar-refractivity contribution in [1.82, 2.24) is 0 Å². The number of aliphatic hydroxyl groups excluding tert-OH is 1. The summed E-state index contributed by atoms with van der Waals surface area (Å²) >= 11 is 12.1. The predicted molar refractivity (Wildman–Crippen MR) is 71.4 cm³/mol. The maximum atomic E-state index is 10.2. The second-order valence-corrected chi connectivity index (χ2v) is 5.58. The zero-order valence-electron chi connectivity index (χ0n) is 9.64. The molecule has 18 heavy (non-hydrogen) atoms. The SMILES string of the molecule is OC(c1ccc2c(c1)C(Cl)=NC(Cl)C2)C1COC1. The molecule has 1 N–H and O–H groups in total. The molecule has 1 saturated heterocycles. The number of hydrogen-bond donors (Lipinski definition) is 1. The smallest absolute Gasteiger partial charge is 0.132 e. The first-order valence-electron chi connectivity index (χ1n) is 5.91. The van der Waals surface area contributed by atoms with E-state index in [4.69, 9.17) is 27.9 Å². The van der Waals surface area contributed by atoms with Crippen molar-refractivity contribution in [2.24, 2.45) is 10.9 Å². The monoisotopic (exact) mass is 285 g/mol. The van der Waals surface area contributed by atoms with Gasteiger partial charge in [0.2, 0.25) is 0 Å². The first kappa shape index (κ1) is 12.4. The lowest BCUT2D eigenvalue weighted by molar-refractivity contribution is -0.0924. The molecular formula is C13H13Cl2NO2. The molecule has 0 saturated carbocycles. The van der Waals surface area contributed by atoms with E-state index in [1.54, 1.807) is 0 Å². The average Bonchev–Trinajstić information content (AvgIpc) is 2.26. The number of hydrogen-bond acceptors (Lipinski definition) is 3. The summed E-state index contributed by atoms with van der Waals surface area (Å²) in [6, 6.07) is 5.81. The molecule has 96 valence electrons. The van der Waals surface area contributed by atoms with Gasteiger partial charge < -0.3 is 9.84 Å². The third-order valence-corrected chi connectivity index (χ3v) is 4.00. The second kappa shape index (κ2) is 4.82. The first-order chi connectivity index (χ1) is 8.65. The Morgan fingerprint density at radius 3 is 2.83 bits per heavy atom. The van der Waals surface area contributed by atoms with Gasteiger partial charge in [0, 0.05) is 17.9 Å². The van der Waals surface area contributed by atoms with Crippen LogP contribution < -0.4 is 0 Å². The fraction of sp³-hybridized carbons (Fsp3) is 0.462. The average molecular weight is 286 g/mol. The van der Waals surface area contributed by atoms with Crippen LogP contribution in [-0.4, -0.2) is 29.0 Å². The van der Waals surface area contributed by atoms with E-state index in [0.717, 1.165) is 16.7 Å². The highest BCUT2D eigenvalue weighted by Gasteiger charge is 2.29. The minimum Gasteiger partial charge on any atom is -0.388 e. The molecular weight excluding hydrogens is 273 g/mol. The fourth-order valence-corrected chi connectivity index (χ4v) is 2.88. The lowest BCUT2D eigenvalue weighted by Gasteiger charge is -2.31. The number of fused-ring (bicyclic) bond motifs is 1. The summed E-state index contributed by atoms with van der Waals surface area (Å²) in [4.78, 5) is 4.14. The van der Waals surface area contributed by atoms with Crippen molar-refractivity contribution in [2.45, 2.75) is 18.0 Å². The van der Waals surface area contributed by atoms with Gasteiger partial charge in [0.15, 0.2) is 0 Å². The minimum absolute atomic E-state index is 0.183. The number of aliphatic imine (C=N–C) groups is 1. The van der Waals surface area contributed by atoms with Gasteiger partial charge in [-0.05, 0) is 17.2 Å². The number of halogens is 2. The molecule has 0 bridgehead atoms. The second-order valence-electron chi connectivity index (χ2n) is 4.72. The van der Waals surface area contributed by atoms with Gasteiger partial charge in [0.1, 0.15) is 10.7 Å². The van der Waals surface area contributed by atoms with Crippen molar-refractivity contribution in [1.29, 1.82) is 0 Å². The highest BCUT2D eigenvalue weighted by molar-refractivity contribution is 6.70. The molecule has 2 atom stereocenters. The first-order valence-corrected chi connectivity index (χ1v) is 6.73. The van der Waals surface area contributed by atoms with E-state index in [9.17, 15) is 5.11 Å². The molecule has 0 radical (unpaired) electrons. The summed E-state index contributed by atoms with van der Waals surface area (Å²) in [6.07, 6.45) is 0.179. The van der Waals surface area contributed by atoms with Crippen LogP contribution in [0.25, 0.3) is 0 Å². The van der Waals surface area contributed by atoms with Crippen molar-refractivity contribution in [3.63, 3.8) is 0 Å². The summed E-state index contributed by atoms with van der Waals surface area (Å²) in [5.74, 6) is 0.183. The van der Waals surface area contributed by atoms with E-state index < -0.39 is 6.10 Å². The van der Waals surface area contributed by atoms with Gasteiger partial charge in [0.25, 0.3) is 0 Å². The van der Waals surface area contributed by atoms with Gasteiger partial charge in [-0.15, -0.1) is 0 Å². The molecule has 2 heterocycles. The number of benzene rings is 1. The molecule has 5 heteroatoms. The Balaban J connectivity index is 1.92. The number of alkyl halides is 1. The van der Waals surface area contributed by atoms with E-state index in [1.807, 2.05) is 18.2 Å². The van der Waals surface area contributed by atoms with Crippen LogP contribution in [0.3, 0.4) is 0 Å². The quantitative estimate of drug-likeness (QED) is 0.670. The van der Waals surface area contributed by atoms with Gasteiger partial charge in [-0.2, -0.15) is 0 Å². The summed E-state index contributed by atoms with van der Waals surface area (Å²) in [5, 5.41) is 10.6. The maximum Gasteiger partial charge on any atom is 0.132 e. The van der Waals surface area contributed by atoms with Crippen LogP contribution >= 0.6 is 23.2 Å². The molecule has 1 aromatic carbocycles. The number of aliphatic hydroxyl groups is 1. The molecule has 1 aromatic rings. The molecule has 2 aliphatic heterocycles. The van der Waals surface area contributed by atoms with E-state index in [-0.39, 0.29) is 11.4 Å². The lowest BCUT2D eigenvalue weighted by Crippen LogP contribution is -2.33. The van der Waals surface area contributed by atoms with Gasteiger partial charge in [-0.3, -0.25) is 4.99 Å². The van der Waals surface area contributed by atoms with Crippen LogP contribution in [0.2, 0.25) is 0 Å². The van der Waals surface area contributed by atoms with Crippen molar-refractivity contribution < 1.29 is 9.84 Å². The standard InChI is InChI=1S/C13H13Cl2NO2/c14-11-4-7-1-2-8(3-10(7)13(15)16-11)12(17)9-5-18-6-9/h1-3,9,11-12,17H,4-6H2. The van der Waals surface area contributed by atoms with Crippen molar-refractivity contribution in [3.8, 4) is 0 Å². The Kier molecular flexibility index (Phi) is 3.32. The summed E-state index contributed by atoms with van der Waals surface area (Å²) in [7, 11) is 0. The predicted octanol–water partition coefficient (Wildman–Crippen LogP) is 2.47. The van der Waals surface area contributed by atoms with E-state index in [1.165, 1.54) is 0 Å². The molecule has 3 rings (SSSR count). The molecule has 0 aliphatic carbocycles. The third-order valence-electron chi connectivity index (χ3n) is 3.45. The minimum atomic E-state index is -0.498. The highest BCUT2D eigenvalue weighted by Crippen LogP contribution is 2.31. The van der Waals surface area contributed by atoms with Crippen LogP contribution in [-0.2, 0) is 11.2 Å². The Morgan fingerprint density at radius 1 is 1.39 bits per heavy atom. The van der Waals surface area contributed by atoms with Crippen LogP contribution in [0.5, 0.6) is 0 Å². The normalized spacial score (nSPS) is 25.1. The highest BCUT2D eigenvalue weighted by atomic mass is 35.5. The number of rotatable bonds is 2. The zero-order valence-corrected chi connectivity index (χ0v) is 11.2. The number of nitrogens with zero attached hydrogens (tertiary/aromatic N) is 1.